The number of carbonyl (C=O) groups is 2. The Hall–Kier alpha value is -1.08. The van der Waals surface area contributed by atoms with Gasteiger partial charge in [-0.25, -0.2) is 4.79 Å². The van der Waals surface area contributed by atoms with Gasteiger partial charge in [-0.2, -0.15) is 0 Å². The Morgan fingerprint density at radius 2 is 1.91 bits per heavy atom. The molecule has 9 heteroatoms. The number of hydrogen-bond acceptors (Lipinski definition) is 6. The van der Waals surface area contributed by atoms with Crippen LogP contribution in [-0.2, 0) is 41.4 Å². The fourth-order valence-electron chi connectivity index (χ4n) is 1.72. The summed E-state index contributed by atoms with van der Waals surface area (Å²) in [6.07, 6.45) is -0.551. The molecule has 2 unspecified atom stereocenters. The summed E-state index contributed by atoms with van der Waals surface area (Å²) in [6, 6.07) is 3.58. The average molecular weight is 363 g/mol. The summed E-state index contributed by atoms with van der Waals surface area (Å²) in [6.45, 7) is 5.43. The largest absolute Gasteiger partial charge is 0.528 e. The highest BCUT2D eigenvalue weighted by Gasteiger charge is 2.12. The normalized spacial score (nSPS) is 11.6. The maximum atomic E-state index is 11.4. The summed E-state index contributed by atoms with van der Waals surface area (Å²) >= 11 is 4.77. The number of nitrogens with one attached hydrogen (secondary N) is 1. The molecule has 0 aliphatic heterocycles. The SMILES string of the molecule is CCC(=O)Oc1c(C)cc(COC(=O)ONS(P)=S)cc1C. The topological polar surface area (TPSA) is 73.9 Å². The lowest BCUT2D eigenvalue weighted by molar-refractivity contribution is -0.134. The van der Waals surface area contributed by atoms with E-state index in [-0.39, 0.29) is 12.6 Å². The van der Waals surface area contributed by atoms with Crippen LogP contribution in [0.15, 0.2) is 12.1 Å². The lowest BCUT2D eigenvalue weighted by atomic mass is 10.1. The van der Waals surface area contributed by atoms with Gasteiger partial charge in [-0.15, -0.1) is 0 Å². The summed E-state index contributed by atoms with van der Waals surface area (Å²) in [5, 5.41) is 0. The van der Waals surface area contributed by atoms with E-state index in [4.69, 9.17) is 20.7 Å². The maximum Gasteiger partial charge on any atom is 0.528 e. The molecule has 0 heterocycles. The molecule has 1 aromatic carbocycles. The number of hydrogen-bond donors (Lipinski definition) is 1. The van der Waals surface area contributed by atoms with Crippen LogP contribution in [0.5, 0.6) is 5.75 Å². The van der Waals surface area contributed by atoms with E-state index in [9.17, 15) is 9.59 Å². The highest BCUT2D eigenvalue weighted by Crippen LogP contribution is 2.25. The third-order valence-electron chi connectivity index (χ3n) is 2.59. The Kier molecular flexibility index (Phi) is 7.89. The zero-order chi connectivity index (χ0) is 16.7. The van der Waals surface area contributed by atoms with Crippen molar-refractivity contribution in [2.75, 3.05) is 0 Å². The second-order valence-corrected chi connectivity index (χ2v) is 8.69. The van der Waals surface area contributed by atoms with Crippen molar-refractivity contribution in [2.45, 2.75) is 33.8 Å². The molecule has 22 heavy (non-hydrogen) atoms. The molecule has 0 aromatic heterocycles. The standard InChI is InChI=1S/C13H18NO5PS2/c1-4-11(15)18-12-8(2)5-10(6-9(12)3)7-17-13(16)19-14-22(20)21/h5-6,14H,4,7,20H2,1-3H3. The van der Waals surface area contributed by atoms with Crippen LogP contribution in [0.4, 0.5) is 4.79 Å². The highest BCUT2D eigenvalue weighted by atomic mass is 33.1. The van der Waals surface area contributed by atoms with Gasteiger partial charge in [-0.05, 0) is 63.1 Å². The van der Waals surface area contributed by atoms with Crippen LogP contribution in [0.2, 0.25) is 0 Å². The first-order valence-corrected chi connectivity index (χ1v) is 10.0. The van der Waals surface area contributed by atoms with E-state index >= 15 is 0 Å². The molecule has 0 radical (unpaired) electrons. The number of ether oxygens (including phenoxy) is 2. The minimum absolute atomic E-state index is 0.0479. The average Bonchev–Trinajstić information content (AvgIpc) is 2.46. The van der Waals surface area contributed by atoms with Crippen molar-refractivity contribution in [3.8, 4) is 5.75 Å². The minimum Gasteiger partial charge on any atom is -0.428 e. The number of benzene rings is 1. The molecule has 1 aromatic rings. The summed E-state index contributed by atoms with van der Waals surface area (Å²) in [5.74, 6) is 0.250. The number of rotatable bonds is 6. The van der Waals surface area contributed by atoms with Crippen molar-refractivity contribution in [1.82, 2.24) is 4.89 Å². The molecule has 0 fully saturated rings. The Morgan fingerprint density at radius 3 is 2.41 bits per heavy atom. The number of aryl methyl sites for hydroxylation is 2. The van der Waals surface area contributed by atoms with E-state index in [0.717, 1.165) is 16.7 Å². The molecule has 6 nitrogen and oxygen atoms in total. The Bertz CT molecular complexity index is 571. The molecule has 0 amide bonds. The predicted molar refractivity (Wildman–Crippen MR) is 90.7 cm³/mol. The third-order valence-corrected chi connectivity index (χ3v) is 3.33. The predicted octanol–water partition coefficient (Wildman–Crippen LogP) is 2.56. The fourth-order valence-corrected chi connectivity index (χ4v) is 2.11. The van der Waals surface area contributed by atoms with Gasteiger partial charge in [0, 0.05) is 6.42 Å². The van der Waals surface area contributed by atoms with Gasteiger partial charge in [0.1, 0.15) is 12.4 Å². The lowest BCUT2D eigenvalue weighted by Gasteiger charge is -2.12. The van der Waals surface area contributed by atoms with Gasteiger partial charge in [-0.1, -0.05) is 20.3 Å². The van der Waals surface area contributed by atoms with Crippen molar-refractivity contribution in [3.63, 3.8) is 0 Å². The molecular formula is C13H18NO5PS2. The van der Waals surface area contributed by atoms with Crippen LogP contribution in [0.3, 0.4) is 0 Å². The Morgan fingerprint density at radius 1 is 1.32 bits per heavy atom. The monoisotopic (exact) mass is 363 g/mol. The molecule has 0 bridgehead atoms. The summed E-state index contributed by atoms with van der Waals surface area (Å²) < 4.78 is 10.2. The second kappa shape index (κ2) is 9.15. The molecule has 0 saturated heterocycles. The molecule has 122 valence electrons. The van der Waals surface area contributed by atoms with E-state index in [2.05, 4.69) is 18.2 Å². The van der Waals surface area contributed by atoms with Gasteiger partial charge in [-0.3, -0.25) is 4.79 Å². The van der Waals surface area contributed by atoms with E-state index in [1.54, 1.807) is 19.1 Å². The van der Waals surface area contributed by atoms with Gasteiger partial charge in [0.15, 0.2) is 0 Å². The summed E-state index contributed by atoms with van der Waals surface area (Å²) in [7, 11) is 1.55. The van der Waals surface area contributed by atoms with Crippen molar-refractivity contribution < 1.29 is 23.9 Å². The van der Waals surface area contributed by atoms with E-state index in [1.165, 1.54) is 0 Å². The molecule has 1 rings (SSSR count). The lowest BCUT2D eigenvalue weighted by Crippen LogP contribution is -2.19. The molecule has 0 saturated carbocycles. The van der Waals surface area contributed by atoms with Gasteiger partial charge < -0.3 is 14.3 Å². The first-order valence-electron chi connectivity index (χ1n) is 6.39. The quantitative estimate of drug-likeness (QED) is 0.360. The van der Waals surface area contributed by atoms with Crippen LogP contribution in [0, 0.1) is 13.8 Å². The molecule has 0 aliphatic rings. The van der Waals surface area contributed by atoms with Crippen LogP contribution >= 0.6 is 8.44 Å². The highest BCUT2D eigenvalue weighted by molar-refractivity contribution is 8.56. The number of esters is 1. The first kappa shape index (κ1) is 19.0. The third kappa shape index (κ3) is 6.36. The fraction of sp³-hybridized carbons (Fsp3) is 0.385. The Balaban J connectivity index is 2.68. The number of carbonyl (C=O) groups excluding carboxylic acids is 2. The molecular weight excluding hydrogens is 345 g/mol. The zero-order valence-corrected chi connectivity index (χ0v) is 15.3. The van der Waals surface area contributed by atoms with Crippen molar-refractivity contribution in [3.05, 3.63) is 28.8 Å². The van der Waals surface area contributed by atoms with Crippen molar-refractivity contribution in [2.24, 2.45) is 0 Å². The van der Waals surface area contributed by atoms with Gasteiger partial charge in [0.05, 0.1) is 0 Å². The smallest absolute Gasteiger partial charge is 0.428 e. The van der Waals surface area contributed by atoms with E-state index in [1.807, 2.05) is 13.8 Å². The second-order valence-electron chi connectivity index (χ2n) is 4.41. The first-order chi connectivity index (χ1) is 10.3. The van der Waals surface area contributed by atoms with Gasteiger partial charge in [0.2, 0.25) is 0 Å². The molecule has 1 N–H and O–H groups in total. The molecule has 0 spiro atoms. The molecule has 2 atom stereocenters. The van der Waals surface area contributed by atoms with E-state index < -0.39 is 15.4 Å². The maximum absolute atomic E-state index is 11.4. The van der Waals surface area contributed by atoms with Crippen LogP contribution < -0.4 is 9.62 Å². The minimum atomic E-state index is -0.860. The van der Waals surface area contributed by atoms with Crippen molar-refractivity contribution in [1.29, 1.82) is 0 Å². The Labute approximate surface area is 138 Å². The zero-order valence-electron chi connectivity index (χ0n) is 12.5. The van der Waals surface area contributed by atoms with Crippen molar-refractivity contribution >= 4 is 41.0 Å². The van der Waals surface area contributed by atoms with Gasteiger partial charge >= 0.3 is 12.1 Å². The van der Waals surface area contributed by atoms with Crippen LogP contribution in [0.1, 0.15) is 30.0 Å². The summed E-state index contributed by atoms with van der Waals surface area (Å²) in [5.41, 5.74) is 2.36. The van der Waals surface area contributed by atoms with E-state index in [0.29, 0.717) is 12.2 Å². The van der Waals surface area contributed by atoms with Crippen LogP contribution in [-0.4, -0.2) is 12.1 Å². The van der Waals surface area contributed by atoms with Gasteiger partial charge in [0.25, 0.3) is 0 Å². The molecule has 0 aliphatic carbocycles. The summed E-state index contributed by atoms with van der Waals surface area (Å²) in [4.78, 5) is 29.6. The van der Waals surface area contributed by atoms with Crippen LogP contribution in [0.25, 0.3) is 0 Å².